The van der Waals surface area contributed by atoms with Crippen LogP contribution in [0.25, 0.3) is 0 Å². The summed E-state index contributed by atoms with van der Waals surface area (Å²) in [5.74, 6) is 1.02. The Hall–Kier alpha value is -2.46. The van der Waals surface area contributed by atoms with E-state index in [0.29, 0.717) is 25.7 Å². The molecular weight excluding hydrogens is 386 g/mol. The summed E-state index contributed by atoms with van der Waals surface area (Å²) >= 11 is 0. The Labute approximate surface area is 186 Å². The second kappa shape index (κ2) is 12.4. The van der Waals surface area contributed by atoms with Crippen molar-refractivity contribution in [2.24, 2.45) is 5.92 Å². The van der Waals surface area contributed by atoms with Crippen molar-refractivity contribution in [3.8, 4) is 0 Å². The highest BCUT2D eigenvalue weighted by Crippen LogP contribution is 2.28. The van der Waals surface area contributed by atoms with Crippen LogP contribution in [0, 0.1) is 5.92 Å². The van der Waals surface area contributed by atoms with Gasteiger partial charge in [-0.1, -0.05) is 54.6 Å². The Morgan fingerprint density at radius 3 is 2.77 bits per heavy atom. The first kappa shape index (κ1) is 23.2. The zero-order chi connectivity index (χ0) is 21.9. The quantitative estimate of drug-likeness (QED) is 0.272. The number of hydrogen-bond donors (Lipinski definition) is 2. The molecule has 2 aliphatic rings. The van der Waals surface area contributed by atoms with Crippen molar-refractivity contribution in [1.82, 2.24) is 5.32 Å². The number of amides is 1. The average molecular weight is 422 g/mol. The van der Waals surface area contributed by atoms with E-state index in [1.165, 1.54) is 18.4 Å². The van der Waals surface area contributed by atoms with E-state index in [1.54, 1.807) is 0 Å². The number of benzene rings is 1. The molecule has 1 fully saturated rings. The number of aryl methyl sites for hydroxylation is 1. The summed E-state index contributed by atoms with van der Waals surface area (Å²) < 4.78 is 0. The zero-order valence-corrected chi connectivity index (χ0v) is 18.4. The van der Waals surface area contributed by atoms with Crippen molar-refractivity contribution in [2.75, 3.05) is 6.54 Å². The molecule has 0 aliphatic heterocycles. The molecule has 1 atom stereocenters. The lowest BCUT2D eigenvalue weighted by Gasteiger charge is -2.09. The average Bonchev–Trinajstić information content (AvgIpc) is 3.55. The van der Waals surface area contributed by atoms with Gasteiger partial charge in [-0.05, 0) is 68.4 Å². The van der Waals surface area contributed by atoms with Crippen LogP contribution >= 0.6 is 0 Å². The molecule has 0 radical (unpaired) electrons. The van der Waals surface area contributed by atoms with E-state index in [9.17, 15) is 14.7 Å². The number of hydrogen-bond acceptors (Lipinski definition) is 3. The fraction of sp³-hybridized carbons (Fsp3) is 0.481. The highest BCUT2D eigenvalue weighted by atomic mass is 16.3. The van der Waals surface area contributed by atoms with Gasteiger partial charge < -0.3 is 10.4 Å². The number of carbonyl (C=O) groups is 2. The monoisotopic (exact) mass is 421 g/mol. The topological polar surface area (TPSA) is 66.4 Å². The number of rotatable bonds is 13. The molecule has 31 heavy (non-hydrogen) atoms. The third kappa shape index (κ3) is 8.66. The molecule has 1 aromatic carbocycles. The molecule has 0 aromatic heterocycles. The van der Waals surface area contributed by atoms with Crippen molar-refractivity contribution < 1.29 is 14.7 Å². The van der Waals surface area contributed by atoms with Crippen LogP contribution in [0.2, 0.25) is 0 Å². The SMILES string of the molecule is O=C(CCC/C=C\CC1=CCC(=O)C1=CC[C@@H](O)CCc1ccccc1)NCC1CC1. The molecule has 1 aromatic rings. The maximum atomic E-state index is 12.2. The maximum Gasteiger partial charge on any atom is 0.220 e. The Morgan fingerprint density at radius 1 is 1.19 bits per heavy atom. The predicted molar refractivity (Wildman–Crippen MR) is 125 cm³/mol. The molecule has 2 N–H and O–H groups in total. The lowest BCUT2D eigenvalue weighted by molar-refractivity contribution is -0.121. The van der Waals surface area contributed by atoms with Gasteiger partial charge in [0.05, 0.1) is 6.10 Å². The Kier molecular flexibility index (Phi) is 9.29. The van der Waals surface area contributed by atoms with E-state index >= 15 is 0 Å². The third-order valence-corrected chi connectivity index (χ3v) is 5.95. The molecule has 3 rings (SSSR count). The second-order valence-corrected chi connectivity index (χ2v) is 8.70. The van der Waals surface area contributed by atoms with Crippen molar-refractivity contribution in [3.63, 3.8) is 0 Å². The minimum Gasteiger partial charge on any atom is -0.393 e. The third-order valence-electron chi connectivity index (χ3n) is 5.95. The number of Topliss-reactive ketones (excluding diaryl/α,β-unsaturated/α-hetero) is 1. The molecule has 0 saturated heterocycles. The number of aliphatic hydroxyl groups is 1. The van der Waals surface area contributed by atoms with Gasteiger partial charge in [-0.2, -0.15) is 0 Å². The molecule has 2 aliphatic carbocycles. The van der Waals surface area contributed by atoms with Crippen LogP contribution in [0.3, 0.4) is 0 Å². The summed E-state index contributed by atoms with van der Waals surface area (Å²) in [6.07, 6.45) is 15.7. The fourth-order valence-electron chi connectivity index (χ4n) is 3.78. The number of carbonyl (C=O) groups excluding carboxylic acids is 2. The summed E-state index contributed by atoms with van der Waals surface area (Å²) in [4.78, 5) is 24.0. The van der Waals surface area contributed by atoms with Crippen molar-refractivity contribution in [2.45, 2.75) is 70.3 Å². The number of allylic oxidation sites excluding steroid dienone is 5. The van der Waals surface area contributed by atoms with Crippen molar-refractivity contribution >= 4 is 11.7 Å². The molecule has 0 heterocycles. The predicted octanol–water partition coefficient (Wildman–Crippen LogP) is 4.84. The van der Waals surface area contributed by atoms with Crippen LogP contribution < -0.4 is 5.32 Å². The second-order valence-electron chi connectivity index (χ2n) is 8.70. The highest BCUT2D eigenvalue weighted by Gasteiger charge is 2.21. The smallest absolute Gasteiger partial charge is 0.220 e. The maximum absolute atomic E-state index is 12.2. The van der Waals surface area contributed by atoms with Crippen molar-refractivity contribution in [1.29, 1.82) is 0 Å². The van der Waals surface area contributed by atoms with Gasteiger partial charge in [0, 0.05) is 25.0 Å². The van der Waals surface area contributed by atoms with Crippen LogP contribution in [0.15, 0.2) is 65.8 Å². The molecule has 0 unspecified atom stereocenters. The summed E-state index contributed by atoms with van der Waals surface area (Å²) in [5.41, 5.74) is 3.04. The van der Waals surface area contributed by atoms with Crippen LogP contribution in [0.1, 0.15) is 63.4 Å². The molecule has 0 bridgehead atoms. The fourth-order valence-corrected chi connectivity index (χ4v) is 3.78. The first-order chi connectivity index (χ1) is 15.1. The van der Waals surface area contributed by atoms with Crippen molar-refractivity contribution in [3.05, 3.63) is 71.3 Å². The number of ketones is 1. The van der Waals surface area contributed by atoms with E-state index in [-0.39, 0.29) is 11.7 Å². The number of aliphatic hydroxyl groups excluding tert-OH is 1. The summed E-state index contributed by atoms with van der Waals surface area (Å²) in [6, 6.07) is 10.1. The molecular formula is C27H35NO3. The number of unbranched alkanes of at least 4 members (excludes halogenated alkanes) is 1. The van der Waals surface area contributed by atoms with E-state index in [4.69, 9.17) is 0 Å². The standard InChI is InChI=1S/C27H35NO3/c29-24(16-14-21-8-4-3-5-9-21)17-18-25-23(15-19-26(25)30)10-6-1-2-7-11-27(31)28-20-22-12-13-22/h1,3-6,8-9,15,18,22,24,29H,2,7,10-14,16-17,19-20H2,(H,28,31)/b6-1-,25-18?/t24-/m0/s1. The molecule has 1 saturated carbocycles. The molecule has 166 valence electrons. The van der Waals surface area contributed by atoms with Gasteiger partial charge in [0.1, 0.15) is 0 Å². The summed E-state index contributed by atoms with van der Waals surface area (Å²) in [7, 11) is 0. The lowest BCUT2D eigenvalue weighted by atomic mass is 10.00. The van der Waals surface area contributed by atoms with Gasteiger partial charge in [0.15, 0.2) is 5.78 Å². The highest BCUT2D eigenvalue weighted by molar-refractivity contribution is 6.03. The Balaban J connectivity index is 1.34. The summed E-state index contributed by atoms with van der Waals surface area (Å²) in [6.45, 7) is 0.840. The largest absolute Gasteiger partial charge is 0.393 e. The number of nitrogens with one attached hydrogen (secondary N) is 1. The molecule has 0 spiro atoms. The van der Waals surface area contributed by atoms with Crippen LogP contribution in [0.4, 0.5) is 0 Å². The van der Waals surface area contributed by atoms with E-state index in [0.717, 1.165) is 49.3 Å². The van der Waals surface area contributed by atoms with Gasteiger partial charge in [0.2, 0.25) is 5.91 Å². The molecule has 1 amide bonds. The van der Waals surface area contributed by atoms with Gasteiger partial charge in [0.25, 0.3) is 0 Å². The lowest BCUT2D eigenvalue weighted by Crippen LogP contribution is -2.24. The normalized spacial score (nSPS) is 18.5. The minimum absolute atomic E-state index is 0.144. The van der Waals surface area contributed by atoms with Gasteiger partial charge >= 0.3 is 0 Å². The molecule has 4 heteroatoms. The van der Waals surface area contributed by atoms with Crippen LogP contribution in [-0.4, -0.2) is 29.4 Å². The van der Waals surface area contributed by atoms with E-state index in [1.807, 2.05) is 30.4 Å². The first-order valence-corrected chi connectivity index (χ1v) is 11.7. The summed E-state index contributed by atoms with van der Waals surface area (Å²) in [5, 5.41) is 13.3. The van der Waals surface area contributed by atoms with Gasteiger partial charge in [-0.3, -0.25) is 9.59 Å². The Morgan fingerprint density at radius 2 is 2.00 bits per heavy atom. The zero-order valence-electron chi connectivity index (χ0n) is 18.4. The minimum atomic E-state index is -0.441. The van der Waals surface area contributed by atoms with Crippen LogP contribution in [0.5, 0.6) is 0 Å². The van der Waals surface area contributed by atoms with E-state index < -0.39 is 6.10 Å². The Bertz CT molecular complexity index is 818. The van der Waals surface area contributed by atoms with Gasteiger partial charge in [-0.15, -0.1) is 0 Å². The van der Waals surface area contributed by atoms with E-state index in [2.05, 4.69) is 29.6 Å². The van der Waals surface area contributed by atoms with Gasteiger partial charge in [-0.25, -0.2) is 0 Å². The first-order valence-electron chi connectivity index (χ1n) is 11.7. The molecule has 4 nitrogen and oxygen atoms in total. The van der Waals surface area contributed by atoms with Crippen LogP contribution in [-0.2, 0) is 16.0 Å².